The van der Waals surface area contributed by atoms with E-state index in [1.54, 1.807) is 0 Å². The first-order chi connectivity index (χ1) is 6.38. The minimum Gasteiger partial charge on any atom is -0.381 e. The van der Waals surface area contributed by atoms with Gasteiger partial charge in [0, 0.05) is 18.4 Å². The summed E-state index contributed by atoms with van der Waals surface area (Å²) in [6, 6.07) is 10.2. The second-order valence-corrected chi connectivity index (χ2v) is 3.23. The molecular formula is C11H15ClO. The van der Waals surface area contributed by atoms with Crippen LogP contribution in [0.25, 0.3) is 0 Å². The second-order valence-electron chi connectivity index (χ2n) is 2.92. The maximum absolute atomic E-state index is 5.86. The number of halogens is 1. The van der Waals surface area contributed by atoms with Crippen molar-refractivity contribution in [3.05, 3.63) is 35.9 Å². The first kappa shape index (κ1) is 10.6. The molecule has 0 N–H and O–H groups in total. The number of alkyl halides is 1. The summed E-state index contributed by atoms with van der Waals surface area (Å²) in [6.07, 6.45) is 0. The van der Waals surface area contributed by atoms with Crippen molar-refractivity contribution >= 4 is 11.6 Å². The minimum absolute atomic E-state index is 0.322. The zero-order chi connectivity index (χ0) is 9.52. The van der Waals surface area contributed by atoms with Crippen molar-refractivity contribution in [2.45, 2.75) is 12.8 Å². The fourth-order valence-corrected chi connectivity index (χ4v) is 1.48. The van der Waals surface area contributed by atoms with Crippen LogP contribution in [0.3, 0.4) is 0 Å². The summed E-state index contributed by atoms with van der Waals surface area (Å²) >= 11 is 5.86. The van der Waals surface area contributed by atoms with Crippen LogP contribution in [-0.2, 0) is 4.74 Å². The fraction of sp³-hybridized carbons (Fsp3) is 0.455. The molecule has 0 fully saturated rings. The number of hydrogen-bond acceptors (Lipinski definition) is 1. The lowest BCUT2D eigenvalue weighted by Crippen LogP contribution is -2.09. The summed E-state index contributed by atoms with van der Waals surface area (Å²) in [4.78, 5) is 0. The van der Waals surface area contributed by atoms with Crippen LogP contribution in [0.2, 0.25) is 0 Å². The summed E-state index contributed by atoms with van der Waals surface area (Å²) < 4.78 is 5.36. The van der Waals surface area contributed by atoms with E-state index in [0.29, 0.717) is 18.4 Å². The van der Waals surface area contributed by atoms with Gasteiger partial charge < -0.3 is 4.74 Å². The molecule has 1 nitrogen and oxygen atoms in total. The highest BCUT2D eigenvalue weighted by atomic mass is 35.5. The van der Waals surface area contributed by atoms with E-state index in [1.807, 2.05) is 25.1 Å². The van der Waals surface area contributed by atoms with Gasteiger partial charge in [0.1, 0.15) is 0 Å². The molecule has 0 aliphatic rings. The van der Waals surface area contributed by atoms with Gasteiger partial charge in [-0.2, -0.15) is 0 Å². The van der Waals surface area contributed by atoms with Gasteiger partial charge in [-0.15, -0.1) is 11.6 Å². The Hall–Kier alpha value is -0.530. The van der Waals surface area contributed by atoms with Gasteiger partial charge in [0.05, 0.1) is 6.61 Å². The fourth-order valence-electron chi connectivity index (χ4n) is 1.22. The molecule has 1 aromatic rings. The van der Waals surface area contributed by atoms with Crippen molar-refractivity contribution < 1.29 is 4.74 Å². The number of ether oxygens (including phenoxy) is 1. The second kappa shape index (κ2) is 6.01. The lowest BCUT2D eigenvalue weighted by molar-refractivity contribution is 0.137. The van der Waals surface area contributed by atoms with Gasteiger partial charge in [-0.1, -0.05) is 30.3 Å². The summed E-state index contributed by atoms with van der Waals surface area (Å²) in [6.45, 7) is 3.46. The van der Waals surface area contributed by atoms with E-state index >= 15 is 0 Å². The van der Waals surface area contributed by atoms with E-state index in [2.05, 4.69) is 12.1 Å². The van der Waals surface area contributed by atoms with Gasteiger partial charge in [0.25, 0.3) is 0 Å². The summed E-state index contributed by atoms with van der Waals surface area (Å²) in [5.74, 6) is 0.937. The molecule has 0 saturated heterocycles. The Morgan fingerprint density at radius 2 is 2.00 bits per heavy atom. The molecule has 2 heteroatoms. The molecule has 1 rings (SSSR count). The molecule has 1 unspecified atom stereocenters. The van der Waals surface area contributed by atoms with Crippen molar-refractivity contribution in [1.82, 2.24) is 0 Å². The molecule has 0 bridgehead atoms. The predicted octanol–water partition coefficient (Wildman–Crippen LogP) is 3.05. The zero-order valence-electron chi connectivity index (χ0n) is 7.87. The Morgan fingerprint density at radius 3 is 2.54 bits per heavy atom. The van der Waals surface area contributed by atoms with Crippen LogP contribution in [0.1, 0.15) is 18.4 Å². The largest absolute Gasteiger partial charge is 0.381 e. The van der Waals surface area contributed by atoms with Crippen LogP contribution in [-0.4, -0.2) is 19.1 Å². The molecule has 72 valence electrons. The lowest BCUT2D eigenvalue weighted by Gasteiger charge is -2.13. The molecule has 0 amide bonds. The first-order valence-electron chi connectivity index (χ1n) is 4.57. The highest BCUT2D eigenvalue weighted by Crippen LogP contribution is 2.17. The summed E-state index contributed by atoms with van der Waals surface area (Å²) in [5.41, 5.74) is 1.26. The van der Waals surface area contributed by atoms with E-state index in [4.69, 9.17) is 16.3 Å². The number of benzene rings is 1. The summed E-state index contributed by atoms with van der Waals surface area (Å²) in [7, 11) is 0. The third kappa shape index (κ3) is 3.37. The highest BCUT2D eigenvalue weighted by Gasteiger charge is 2.08. The number of hydrogen-bond donors (Lipinski definition) is 0. The van der Waals surface area contributed by atoms with Crippen LogP contribution in [0.15, 0.2) is 30.3 Å². The van der Waals surface area contributed by atoms with Crippen molar-refractivity contribution in [2.75, 3.05) is 19.1 Å². The molecule has 1 atom stereocenters. The average molecular weight is 199 g/mol. The van der Waals surface area contributed by atoms with Crippen molar-refractivity contribution in [3.8, 4) is 0 Å². The van der Waals surface area contributed by atoms with E-state index in [1.165, 1.54) is 5.56 Å². The predicted molar refractivity (Wildman–Crippen MR) is 56.4 cm³/mol. The molecular weight excluding hydrogens is 184 g/mol. The third-order valence-electron chi connectivity index (χ3n) is 1.98. The van der Waals surface area contributed by atoms with Gasteiger partial charge >= 0.3 is 0 Å². The Morgan fingerprint density at radius 1 is 1.31 bits per heavy atom. The third-order valence-corrected chi connectivity index (χ3v) is 2.35. The van der Waals surface area contributed by atoms with Gasteiger partial charge in [0.15, 0.2) is 0 Å². The Kier molecular flexibility index (Phi) is 4.87. The maximum Gasteiger partial charge on any atom is 0.0546 e. The van der Waals surface area contributed by atoms with Crippen molar-refractivity contribution in [2.24, 2.45) is 0 Å². The van der Waals surface area contributed by atoms with E-state index in [9.17, 15) is 0 Å². The van der Waals surface area contributed by atoms with E-state index in [0.717, 1.165) is 6.61 Å². The summed E-state index contributed by atoms with van der Waals surface area (Å²) in [5, 5.41) is 0. The van der Waals surface area contributed by atoms with Crippen LogP contribution in [0, 0.1) is 0 Å². The van der Waals surface area contributed by atoms with Crippen LogP contribution >= 0.6 is 11.6 Å². The molecule has 0 aliphatic carbocycles. The molecule has 0 saturated carbocycles. The molecule has 0 aromatic heterocycles. The SMILES string of the molecule is CCOCC(CCl)c1ccccc1. The van der Waals surface area contributed by atoms with Gasteiger partial charge in [-0.25, -0.2) is 0 Å². The van der Waals surface area contributed by atoms with Gasteiger partial charge in [0.2, 0.25) is 0 Å². The van der Waals surface area contributed by atoms with Crippen molar-refractivity contribution in [3.63, 3.8) is 0 Å². The smallest absolute Gasteiger partial charge is 0.0546 e. The zero-order valence-corrected chi connectivity index (χ0v) is 8.63. The number of rotatable bonds is 5. The van der Waals surface area contributed by atoms with Gasteiger partial charge in [-0.3, -0.25) is 0 Å². The Labute approximate surface area is 84.7 Å². The van der Waals surface area contributed by atoms with Crippen LogP contribution in [0.4, 0.5) is 0 Å². The van der Waals surface area contributed by atoms with Gasteiger partial charge in [-0.05, 0) is 12.5 Å². The van der Waals surface area contributed by atoms with E-state index in [-0.39, 0.29) is 0 Å². The normalized spacial score (nSPS) is 12.8. The topological polar surface area (TPSA) is 9.23 Å². The molecule has 13 heavy (non-hydrogen) atoms. The Bertz CT molecular complexity index is 223. The average Bonchev–Trinajstić information content (AvgIpc) is 2.21. The standard InChI is InChI=1S/C11H15ClO/c1-2-13-9-11(8-12)10-6-4-3-5-7-10/h3-7,11H,2,8-9H2,1H3. The molecule has 1 aromatic carbocycles. The molecule has 0 heterocycles. The Balaban J connectivity index is 2.56. The van der Waals surface area contributed by atoms with Crippen LogP contribution < -0.4 is 0 Å². The monoisotopic (exact) mass is 198 g/mol. The molecule has 0 spiro atoms. The van der Waals surface area contributed by atoms with Crippen molar-refractivity contribution in [1.29, 1.82) is 0 Å². The highest BCUT2D eigenvalue weighted by molar-refractivity contribution is 6.18. The quantitative estimate of drug-likeness (QED) is 0.661. The maximum atomic E-state index is 5.86. The first-order valence-corrected chi connectivity index (χ1v) is 5.10. The molecule has 0 radical (unpaired) electrons. The van der Waals surface area contributed by atoms with E-state index < -0.39 is 0 Å². The minimum atomic E-state index is 0.322. The molecule has 0 aliphatic heterocycles. The lowest BCUT2D eigenvalue weighted by atomic mass is 10.0. The van der Waals surface area contributed by atoms with Crippen LogP contribution in [0.5, 0.6) is 0 Å².